The van der Waals surface area contributed by atoms with Gasteiger partial charge in [-0.1, -0.05) is 0 Å². The van der Waals surface area contributed by atoms with Crippen molar-refractivity contribution in [2.24, 2.45) is 0 Å². The first-order valence-corrected chi connectivity index (χ1v) is 8.28. The van der Waals surface area contributed by atoms with Gasteiger partial charge in [-0.3, -0.25) is 0 Å². The molecule has 112 valence electrons. The van der Waals surface area contributed by atoms with Gasteiger partial charge in [0.05, 0.1) is 0 Å². The Bertz CT molecular complexity index is 608. The van der Waals surface area contributed by atoms with Gasteiger partial charge in [0.1, 0.15) is 5.65 Å². The van der Waals surface area contributed by atoms with Crippen molar-refractivity contribution >= 4 is 11.0 Å². The number of hydrogen-bond donors (Lipinski definition) is 1. The van der Waals surface area contributed by atoms with Gasteiger partial charge >= 0.3 is 0 Å². The monoisotopic (exact) mass is 284 g/mol. The number of hydrogen-bond acceptors (Lipinski definition) is 3. The van der Waals surface area contributed by atoms with Crippen LogP contribution in [0.25, 0.3) is 11.0 Å². The summed E-state index contributed by atoms with van der Waals surface area (Å²) in [4.78, 5) is 7.17. The van der Waals surface area contributed by atoms with Crippen molar-refractivity contribution in [2.45, 2.75) is 44.8 Å². The number of likely N-dealkylation sites (tertiary alicyclic amines) is 1. The molecular formula is C17H24N4. The number of nitrogens with one attached hydrogen (secondary N) is 1. The van der Waals surface area contributed by atoms with Gasteiger partial charge < -0.3 is 14.8 Å². The standard InChI is InChI=1S/C17H24N4/c1-2-9-20(8-1)10-11-21-13-14(12-19-15-5-6-15)16-4-3-7-18-17(16)21/h3-4,7,13,15,19H,1-2,5-6,8-12H2. The lowest BCUT2D eigenvalue weighted by molar-refractivity contribution is 0.324. The molecule has 4 heteroatoms. The Labute approximate surface area is 126 Å². The molecule has 0 amide bonds. The Hall–Kier alpha value is -1.39. The SMILES string of the molecule is c1cnc2c(c1)c(CNC1CC1)cn2CCN1CCCC1. The summed E-state index contributed by atoms with van der Waals surface area (Å²) < 4.78 is 2.34. The van der Waals surface area contributed by atoms with E-state index in [-0.39, 0.29) is 0 Å². The first kappa shape index (κ1) is 13.3. The van der Waals surface area contributed by atoms with Crippen molar-refractivity contribution in [1.82, 2.24) is 19.8 Å². The zero-order chi connectivity index (χ0) is 14.1. The number of nitrogens with zero attached hydrogens (tertiary/aromatic N) is 3. The predicted molar refractivity (Wildman–Crippen MR) is 85.3 cm³/mol. The van der Waals surface area contributed by atoms with Crippen LogP contribution in [-0.4, -0.2) is 40.1 Å². The molecule has 1 saturated heterocycles. The maximum Gasteiger partial charge on any atom is 0.140 e. The number of fused-ring (bicyclic) bond motifs is 1. The van der Waals surface area contributed by atoms with Crippen LogP contribution in [0.1, 0.15) is 31.2 Å². The second kappa shape index (κ2) is 5.78. The van der Waals surface area contributed by atoms with Gasteiger partial charge in [0.25, 0.3) is 0 Å². The lowest BCUT2D eigenvalue weighted by Crippen LogP contribution is -2.24. The highest BCUT2D eigenvalue weighted by Crippen LogP contribution is 2.23. The zero-order valence-electron chi connectivity index (χ0n) is 12.6. The van der Waals surface area contributed by atoms with Crippen LogP contribution >= 0.6 is 0 Å². The molecule has 1 aliphatic heterocycles. The Balaban J connectivity index is 1.52. The van der Waals surface area contributed by atoms with Crippen molar-refractivity contribution in [1.29, 1.82) is 0 Å². The molecule has 0 radical (unpaired) electrons. The molecule has 1 aliphatic carbocycles. The molecule has 1 saturated carbocycles. The Morgan fingerprint density at radius 1 is 1.19 bits per heavy atom. The molecule has 0 unspecified atom stereocenters. The predicted octanol–water partition coefficient (Wildman–Crippen LogP) is 2.38. The minimum absolute atomic E-state index is 0.754. The molecule has 2 fully saturated rings. The van der Waals surface area contributed by atoms with Gasteiger partial charge in [-0.15, -0.1) is 0 Å². The summed E-state index contributed by atoms with van der Waals surface area (Å²) in [5.41, 5.74) is 2.54. The van der Waals surface area contributed by atoms with Crippen molar-refractivity contribution in [3.63, 3.8) is 0 Å². The molecule has 0 spiro atoms. The van der Waals surface area contributed by atoms with Gasteiger partial charge in [-0.25, -0.2) is 4.98 Å². The highest BCUT2D eigenvalue weighted by atomic mass is 15.2. The quantitative estimate of drug-likeness (QED) is 0.884. The number of pyridine rings is 1. The Morgan fingerprint density at radius 2 is 2.05 bits per heavy atom. The highest BCUT2D eigenvalue weighted by Gasteiger charge is 2.21. The molecule has 2 aromatic rings. The van der Waals surface area contributed by atoms with E-state index in [9.17, 15) is 0 Å². The number of aromatic nitrogens is 2. The van der Waals surface area contributed by atoms with Crippen LogP contribution < -0.4 is 5.32 Å². The van der Waals surface area contributed by atoms with E-state index < -0.39 is 0 Å². The van der Waals surface area contributed by atoms with Crippen LogP contribution in [0, 0.1) is 0 Å². The lowest BCUT2D eigenvalue weighted by atomic mass is 10.2. The summed E-state index contributed by atoms with van der Waals surface area (Å²) in [6.07, 6.45) is 9.62. The maximum absolute atomic E-state index is 4.61. The summed E-state index contributed by atoms with van der Waals surface area (Å²) in [5, 5.41) is 4.94. The first-order valence-electron chi connectivity index (χ1n) is 8.28. The van der Waals surface area contributed by atoms with E-state index in [1.54, 1.807) is 0 Å². The topological polar surface area (TPSA) is 33.1 Å². The molecular weight excluding hydrogens is 260 g/mol. The summed E-state index contributed by atoms with van der Waals surface area (Å²) in [6, 6.07) is 5.01. The van der Waals surface area contributed by atoms with Crippen molar-refractivity contribution < 1.29 is 0 Å². The maximum atomic E-state index is 4.61. The largest absolute Gasteiger partial charge is 0.331 e. The summed E-state index contributed by atoms with van der Waals surface area (Å²) >= 11 is 0. The lowest BCUT2D eigenvalue weighted by Gasteiger charge is -2.15. The molecule has 0 bridgehead atoms. The summed E-state index contributed by atoms with van der Waals surface area (Å²) in [6.45, 7) is 5.71. The molecule has 21 heavy (non-hydrogen) atoms. The van der Waals surface area contributed by atoms with Crippen LogP contribution in [-0.2, 0) is 13.1 Å². The van der Waals surface area contributed by atoms with E-state index in [4.69, 9.17) is 0 Å². The van der Waals surface area contributed by atoms with Gasteiger partial charge in [-0.2, -0.15) is 0 Å². The van der Waals surface area contributed by atoms with Crippen molar-refractivity contribution in [3.05, 3.63) is 30.1 Å². The summed E-state index contributed by atoms with van der Waals surface area (Å²) in [7, 11) is 0. The van der Waals surface area contributed by atoms with E-state index in [2.05, 4.69) is 32.0 Å². The number of rotatable bonds is 6. The fraction of sp³-hybridized carbons (Fsp3) is 0.588. The molecule has 0 atom stereocenters. The molecule has 0 aromatic carbocycles. The molecule has 2 aromatic heterocycles. The zero-order valence-corrected chi connectivity index (χ0v) is 12.6. The highest BCUT2D eigenvalue weighted by molar-refractivity contribution is 5.80. The third-order valence-corrected chi connectivity index (χ3v) is 4.73. The van der Waals surface area contributed by atoms with Gasteiger partial charge in [0.15, 0.2) is 0 Å². The Kier molecular flexibility index (Phi) is 3.65. The third-order valence-electron chi connectivity index (χ3n) is 4.73. The molecule has 3 heterocycles. The fourth-order valence-electron chi connectivity index (χ4n) is 3.30. The van der Waals surface area contributed by atoms with Gasteiger partial charge in [0.2, 0.25) is 0 Å². The van der Waals surface area contributed by atoms with E-state index >= 15 is 0 Å². The average molecular weight is 284 g/mol. The molecule has 4 rings (SSSR count). The average Bonchev–Trinajstić information content (AvgIpc) is 3.08. The van der Waals surface area contributed by atoms with Crippen LogP contribution in [0.3, 0.4) is 0 Å². The minimum atomic E-state index is 0.754. The van der Waals surface area contributed by atoms with Crippen LogP contribution in [0.2, 0.25) is 0 Å². The van der Waals surface area contributed by atoms with E-state index in [0.717, 1.165) is 31.3 Å². The third kappa shape index (κ3) is 2.97. The van der Waals surface area contributed by atoms with Crippen LogP contribution in [0.4, 0.5) is 0 Å². The van der Waals surface area contributed by atoms with Crippen LogP contribution in [0.15, 0.2) is 24.5 Å². The normalized spacial score (nSPS) is 19.6. The first-order chi connectivity index (χ1) is 10.4. The molecule has 2 aliphatic rings. The van der Waals surface area contributed by atoms with E-state index in [0.29, 0.717) is 0 Å². The van der Waals surface area contributed by atoms with Crippen molar-refractivity contribution in [3.8, 4) is 0 Å². The van der Waals surface area contributed by atoms with Gasteiger partial charge in [-0.05, 0) is 56.5 Å². The summed E-state index contributed by atoms with van der Waals surface area (Å²) in [5.74, 6) is 0. The van der Waals surface area contributed by atoms with E-state index in [1.165, 1.54) is 49.7 Å². The smallest absolute Gasteiger partial charge is 0.140 e. The molecule has 4 nitrogen and oxygen atoms in total. The van der Waals surface area contributed by atoms with Gasteiger partial charge in [0, 0.05) is 43.5 Å². The molecule has 1 N–H and O–H groups in total. The van der Waals surface area contributed by atoms with Crippen molar-refractivity contribution in [2.75, 3.05) is 19.6 Å². The van der Waals surface area contributed by atoms with Crippen LogP contribution in [0.5, 0.6) is 0 Å². The van der Waals surface area contributed by atoms with E-state index in [1.807, 2.05) is 12.3 Å². The second-order valence-electron chi connectivity index (χ2n) is 6.43. The second-order valence-corrected chi connectivity index (χ2v) is 6.43. The fourth-order valence-corrected chi connectivity index (χ4v) is 3.30. The Morgan fingerprint density at radius 3 is 2.86 bits per heavy atom. The minimum Gasteiger partial charge on any atom is -0.331 e.